The lowest BCUT2D eigenvalue weighted by atomic mass is 10.0. The molecule has 0 aliphatic carbocycles. The van der Waals surface area contributed by atoms with E-state index in [9.17, 15) is 13.2 Å². The zero-order valence-corrected chi connectivity index (χ0v) is 22.2. The van der Waals surface area contributed by atoms with Crippen molar-refractivity contribution in [2.45, 2.75) is 70.0 Å². The molecule has 2 heterocycles. The summed E-state index contributed by atoms with van der Waals surface area (Å²) in [5.74, 6) is 0. The van der Waals surface area contributed by atoms with Crippen molar-refractivity contribution in [2.75, 3.05) is 24.7 Å². The smallest absolute Gasteiger partial charge is 0.297 e. The van der Waals surface area contributed by atoms with E-state index in [4.69, 9.17) is 8.92 Å². The van der Waals surface area contributed by atoms with Crippen LogP contribution in [0.4, 0.5) is 5.69 Å². The summed E-state index contributed by atoms with van der Waals surface area (Å²) in [6.07, 6.45) is 3.30. The molecule has 7 nitrogen and oxygen atoms in total. The fraction of sp³-hybridized carbons (Fsp3) is 0.542. The molecule has 1 aliphatic rings. The summed E-state index contributed by atoms with van der Waals surface area (Å²) in [5, 5.41) is 0. The summed E-state index contributed by atoms with van der Waals surface area (Å²) in [5.41, 5.74) is 2.56. The van der Waals surface area contributed by atoms with E-state index in [2.05, 4.69) is 24.5 Å². The molecule has 0 bridgehead atoms. The van der Waals surface area contributed by atoms with E-state index in [-0.39, 0.29) is 29.8 Å². The summed E-state index contributed by atoms with van der Waals surface area (Å²) in [6.45, 7) is 12.4. The number of pyridine rings is 1. The van der Waals surface area contributed by atoms with Crippen molar-refractivity contribution in [1.29, 1.82) is 0 Å². The molecule has 0 radical (unpaired) electrons. The SMILES string of the molecule is Cc1ccc(S(=O)(=O)OCC(C)N2CCCc3c2ccn(COCC[Si](C)(C)C)c3=O)cc1. The second kappa shape index (κ2) is 10.5. The minimum absolute atomic E-state index is 0.0124. The molecular weight excluding hydrogens is 456 g/mol. The van der Waals surface area contributed by atoms with Crippen molar-refractivity contribution < 1.29 is 17.3 Å². The minimum Gasteiger partial charge on any atom is -0.366 e. The Kier molecular flexibility index (Phi) is 8.20. The lowest BCUT2D eigenvalue weighted by Gasteiger charge is -2.35. The van der Waals surface area contributed by atoms with Gasteiger partial charge in [0.2, 0.25) is 0 Å². The normalized spacial score (nSPS) is 15.4. The average molecular weight is 493 g/mol. The predicted octanol–water partition coefficient (Wildman–Crippen LogP) is 4.02. The summed E-state index contributed by atoms with van der Waals surface area (Å²) >= 11 is 0. The molecular formula is C24H36N2O5SSi. The Morgan fingerprint density at radius 3 is 2.48 bits per heavy atom. The average Bonchev–Trinajstić information content (AvgIpc) is 2.76. The van der Waals surface area contributed by atoms with Crippen LogP contribution in [0.5, 0.6) is 0 Å². The van der Waals surface area contributed by atoms with Crippen molar-refractivity contribution in [3.05, 3.63) is 58.0 Å². The molecule has 0 saturated carbocycles. The molecule has 3 rings (SSSR count). The third kappa shape index (κ3) is 6.78. The van der Waals surface area contributed by atoms with Gasteiger partial charge in [0, 0.05) is 38.7 Å². The highest BCUT2D eigenvalue weighted by Crippen LogP contribution is 2.27. The lowest BCUT2D eigenvalue weighted by molar-refractivity contribution is 0.0845. The van der Waals surface area contributed by atoms with Crippen LogP contribution >= 0.6 is 0 Å². The third-order valence-corrected chi connectivity index (χ3v) is 8.91. The van der Waals surface area contributed by atoms with Gasteiger partial charge in [-0.3, -0.25) is 13.5 Å². The zero-order chi connectivity index (χ0) is 24.2. The van der Waals surface area contributed by atoms with Gasteiger partial charge in [0.1, 0.15) is 6.73 Å². The van der Waals surface area contributed by atoms with E-state index in [1.165, 1.54) is 0 Å². The molecule has 0 amide bonds. The fourth-order valence-electron chi connectivity index (χ4n) is 3.81. The van der Waals surface area contributed by atoms with Crippen molar-refractivity contribution in [2.24, 2.45) is 0 Å². The van der Waals surface area contributed by atoms with Crippen molar-refractivity contribution in [3.63, 3.8) is 0 Å². The second-order valence-corrected chi connectivity index (χ2v) is 17.2. The number of hydrogen-bond donors (Lipinski definition) is 0. The second-order valence-electron chi connectivity index (χ2n) is 10.0. The molecule has 182 valence electrons. The number of nitrogens with zero attached hydrogens (tertiary/aromatic N) is 2. The van der Waals surface area contributed by atoms with Crippen LogP contribution in [0.1, 0.15) is 24.5 Å². The summed E-state index contributed by atoms with van der Waals surface area (Å²) in [7, 11) is -5.01. The predicted molar refractivity (Wildman–Crippen MR) is 134 cm³/mol. The first-order chi connectivity index (χ1) is 15.5. The van der Waals surface area contributed by atoms with Crippen LogP contribution in [0, 0.1) is 6.92 Å². The number of anilines is 1. The standard InChI is InChI=1S/C24H36N2O5SSi/c1-19-8-10-21(11-9-19)32(28,29)31-17-20(2)26-13-6-7-22-23(26)12-14-25(24(22)27)18-30-15-16-33(3,4)5/h8-12,14,20H,6-7,13,15-18H2,1-5H3. The molecule has 1 unspecified atom stereocenters. The highest BCUT2D eigenvalue weighted by Gasteiger charge is 2.26. The van der Waals surface area contributed by atoms with Gasteiger partial charge in [-0.25, -0.2) is 0 Å². The first kappa shape index (κ1) is 25.7. The molecule has 0 N–H and O–H groups in total. The summed E-state index contributed by atoms with van der Waals surface area (Å²) in [4.78, 5) is 15.3. The van der Waals surface area contributed by atoms with Gasteiger partial charge in [-0.05, 0) is 50.9 Å². The zero-order valence-electron chi connectivity index (χ0n) is 20.3. The summed E-state index contributed by atoms with van der Waals surface area (Å²) < 4.78 is 37.9. The Bertz CT molecular complexity index is 1110. The Labute approximate surface area is 198 Å². The van der Waals surface area contributed by atoms with Crippen LogP contribution in [0.25, 0.3) is 0 Å². The van der Waals surface area contributed by atoms with Crippen molar-refractivity contribution >= 4 is 23.9 Å². The molecule has 0 spiro atoms. The van der Waals surface area contributed by atoms with Crippen molar-refractivity contribution in [3.8, 4) is 0 Å². The maximum Gasteiger partial charge on any atom is 0.297 e. The Morgan fingerprint density at radius 1 is 1.12 bits per heavy atom. The Morgan fingerprint density at radius 2 is 1.82 bits per heavy atom. The highest BCUT2D eigenvalue weighted by atomic mass is 32.2. The molecule has 0 fully saturated rings. The molecule has 1 atom stereocenters. The van der Waals surface area contributed by atoms with E-state index >= 15 is 0 Å². The highest BCUT2D eigenvalue weighted by molar-refractivity contribution is 7.86. The molecule has 1 aromatic carbocycles. The van der Waals surface area contributed by atoms with E-state index in [0.717, 1.165) is 35.8 Å². The van der Waals surface area contributed by atoms with Crippen LogP contribution in [-0.2, 0) is 32.2 Å². The van der Waals surface area contributed by atoms with Gasteiger partial charge >= 0.3 is 0 Å². The van der Waals surface area contributed by atoms with E-state index in [0.29, 0.717) is 13.0 Å². The Hall–Kier alpha value is -1.94. The number of aryl methyl sites for hydroxylation is 1. The largest absolute Gasteiger partial charge is 0.366 e. The Balaban J connectivity index is 1.67. The van der Waals surface area contributed by atoms with Gasteiger partial charge in [0.25, 0.3) is 15.7 Å². The number of ether oxygens (including phenoxy) is 1. The number of benzene rings is 1. The minimum atomic E-state index is -3.83. The van der Waals surface area contributed by atoms with E-state index < -0.39 is 18.2 Å². The first-order valence-electron chi connectivity index (χ1n) is 11.5. The van der Waals surface area contributed by atoms with E-state index in [1.807, 2.05) is 19.9 Å². The van der Waals surface area contributed by atoms with Crippen molar-refractivity contribution in [1.82, 2.24) is 4.57 Å². The fourth-order valence-corrected chi connectivity index (χ4v) is 5.55. The number of rotatable bonds is 10. The quantitative estimate of drug-likeness (QED) is 0.283. The summed E-state index contributed by atoms with van der Waals surface area (Å²) in [6, 6.07) is 9.40. The maximum absolute atomic E-state index is 13.0. The molecule has 2 aromatic rings. The number of aromatic nitrogens is 1. The van der Waals surface area contributed by atoms with Gasteiger partial charge in [0.05, 0.1) is 17.5 Å². The molecule has 9 heteroatoms. The third-order valence-electron chi connectivity index (χ3n) is 5.91. The van der Waals surface area contributed by atoms with Gasteiger partial charge in [-0.2, -0.15) is 8.42 Å². The van der Waals surface area contributed by atoms with Gasteiger partial charge in [-0.15, -0.1) is 0 Å². The molecule has 0 saturated heterocycles. The molecule has 33 heavy (non-hydrogen) atoms. The number of hydrogen-bond acceptors (Lipinski definition) is 6. The van der Waals surface area contributed by atoms with Crippen LogP contribution in [0.15, 0.2) is 46.2 Å². The van der Waals surface area contributed by atoms with Gasteiger partial charge in [0.15, 0.2) is 0 Å². The maximum atomic E-state index is 13.0. The van der Waals surface area contributed by atoms with Gasteiger partial charge < -0.3 is 9.64 Å². The van der Waals surface area contributed by atoms with Crippen LogP contribution in [0.3, 0.4) is 0 Å². The topological polar surface area (TPSA) is 77.8 Å². The van der Waals surface area contributed by atoms with Crippen LogP contribution < -0.4 is 10.5 Å². The molecule has 1 aliphatic heterocycles. The van der Waals surface area contributed by atoms with E-state index in [1.54, 1.807) is 35.0 Å². The van der Waals surface area contributed by atoms with Gasteiger partial charge in [-0.1, -0.05) is 37.3 Å². The lowest BCUT2D eigenvalue weighted by Crippen LogP contribution is -2.42. The monoisotopic (exact) mass is 492 g/mol. The first-order valence-corrected chi connectivity index (χ1v) is 16.6. The molecule has 1 aromatic heterocycles. The van der Waals surface area contributed by atoms with Crippen LogP contribution in [-0.4, -0.2) is 46.9 Å². The van der Waals surface area contributed by atoms with Crippen LogP contribution in [0.2, 0.25) is 25.7 Å². The number of fused-ring (bicyclic) bond motifs is 1.